The Morgan fingerprint density at radius 3 is 2.70 bits per heavy atom. The van der Waals surface area contributed by atoms with Crippen molar-refractivity contribution in [3.63, 3.8) is 0 Å². The van der Waals surface area contributed by atoms with E-state index in [2.05, 4.69) is 10.5 Å². The minimum absolute atomic E-state index is 0.0903. The first-order chi connectivity index (χ1) is 14.5. The van der Waals surface area contributed by atoms with Crippen molar-refractivity contribution in [2.24, 2.45) is 5.10 Å². The lowest BCUT2D eigenvalue weighted by molar-refractivity contribution is -0.384. The number of hydrogen-bond acceptors (Lipinski definition) is 7. The molecule has 0 aliphatic heterocycles. The molecule has 10 heteroatoms. The summed E-state index contributed by atoms with van der Waals surface area (Å²) in [6.07, 6.45) is 1.32. The molecule has 1 aromatic heterocycles. The molecule has 0 radical (unpaired) electrons. The fourth-order valence-corrected chi connectivity index (χ4v) is 2.57. The quantitative estimate of drug-likeness (QED) is 0.328. The summed E-state index contributed by atoms with van der Waals surface area (Å²) in [5, 5.41) is 15.3. The van der Waals surface area contributed by atoms with E-state index in [-0.39, 0.29) is 12.3 Å². The maximum Gasteiger partial charge on any atom is 0.277 e. The maximum atomic E-state index is 11.8. The molecule has 0 atom stereocenters. The molecule has 0 saturated heterocycles. The van der Waals surface area contributed by atoms with Crippen LogP contribution in [0.2, 0.25) is 5.02 Å². The SMILES string of the molecule is COc1cc([N+](=O)[O-])ccc1-c1ccc(/C=N\NC(=O)COc2ccc(Cl)cc2)o1. The molecule has 2 aromatic carbocycles. The summed E-state index contributed by atoms with van der Waals surface area (Å²) in [7, 11) is 1.41. The van der Waals surface area contributed by atoms with Crippen LogP contribution in [-0.4, -0.2) is 30.8 Å². The van der Waals surface area contributed by atoms with Crippen molar-refractivity contribution < 1.29 is 23.6 Å². The highest BCUT2D eigenvalue weighted by Gasteiger charge is 2.15. The van der Waals surface area contributed by atoms with Crippen LogP contribution < -0.4 is 14.9 Å². The molecule has 0 aliphatic carbocycles. The predicted octanol–water partition coefficient (Wildman–Crippen LogP) is 4.05. The zero-order valence-corrected chi connectivity index (χ0v) is 16.5. The van der Waals surface area contributed by atoms with Crippen LogP contribution in [0.25, 0.3) is 11.3 Å². The number of nitrogens with one attached hydrogen (secondary N) is 1. The molecule has 0 bridgehead atoms. The third kappa shape index (κ3) is 5.36. The van der Waals surface area contributed by atoms with E-state index >= 15 is 0 Å². The number of amides is 1. The highest BCUT2D eigenvalue weighted by molar-refractivity contribution is 6.30. The summed E-state index contributed by atoms with van der Waals surface area (Å²) in [4.78, 5) is 22.2. The summed E-state index contributed by atoms with van der Waals surface area (Å²) in [5.74, 6) is 1.15. The van der Waals surface area contributed by atoms with Crippen LogP contribution in [0.4, 0.5) is 5.69 Å². The number of hydrogen-bond donors (Lipinski definition) is 1. The molecule has 154 valence electrons. The fraction of sp³-hybridized carbons (Fsp3) is 0.100. The number of halogens is 1. The van der Waals surface area contributed by atoms with E-state index < -0.39 is 10.8 Å². The monoisotopic (exact) mass is 429 g/mol. The van der Waals surface area contributed by atoms with Gasteiger partial charge in [-0.2, -0.15) is 5.10 Å². The Morgan fingerprint density at radius 1 is 1.23 bits per heavy atom. The number of nitro groups is 1. The van der Waals surface area contributed by atoms with E-state index in [1.165, 1.54) is 31.5 Å². The molecule has 0 saturated carbocycles. The topological polar surface area (TPSA) is 116 Å². The first-order valence-corrected chi connectivity index (χ1v) is 8.97. The summed E-state index contributed by atoms with van der Waals surface area (Å²) < 4.78 is 16.2. The Hall–Kier alpha value is -3.85. The molecule has 1 N–H and O–H groups in total. The van der Waals surface area contributed by atoms with Crippen molar-refractivity contribution >= 4 is 29.4 Å². The lowest BCUT2D eigenvalue weighted by Gasteiger charge is -2.05. The molecule has 0 unspecified atom stereocenters. The van der Waals surface area contributed by atoms with E-state index in [0.29, 0.717) is 33.6 Å². The van der Waals surface area contributed by atoms with E-state index in [4.69, 9.17) is 25.5 Å². The second kappa shape index (κ2) is 9.57. The standard InChI is InChI=1S/C20H16ClN3O6/c1-28-19-10-14(24(26)27)4-8-17(19)18-9-7-16(30-18)11-22-23-20(25)12-29-15-5-2-13(21)3-6-15/h2-11H,12H2,1H3,(H,23,25)/b22-11-. The van der Waals surface area contributed by atoms with Crippen molar-refractivity contribution in [2.75, 3.05) is 13.7 Å². The van der Waals surface area contributed by atoms with Gasteiger partial charge in [0.15, 0.2) is 6.61 Å². The van der Waals surface area contributed by atoms with Gasteiger partial charge in [-0.25, -0.2) is 5.43 Å². The summed E-state index contributed by atoms with van der Waals surface area (Å²) >= 11 is 5.78. The molecule has 30 heavy (non-hydrogen) atoms. The van der Waals surface area contributed by atoms with Crippen molar-refractivity contribution in [1.82, 2.24) is 5.43 Å². The van der Waals surface area contributed by atoms with Gasteiger partial charge in [-0.1, -0.05) is 11.6 Å². The molecule has 9 nitrogen and oxygen atoms in total. The minimum Gasteiger partial charge on any atom is -0.496 e. The minimum atomic E-state index is -0.508. The van der Waals surface area contributed by atoms with Gasteiger partial charge < -0.3 is 13.9 Å². The smallest absolute Gasteiger partial charge is 0.277 e. The molecular formula is C20H16ClN3O6. The van der Waals surface area contributed by atoms with E-state index in [0.717, 1.165) is 0 Å². The van der Waals surface area contributed by atoms with Crippen LogP contribution in [0.1, 0.15) is 5.76 Å². The number of nitro benzene ring substituents is 1. The number of ether oxygens (including phenoxy) is 2. The van der Waals surface area contributed by atoms with Crippen molar-refractivity contribution in [3.05, 3.63) is 75.5 Å². The predicted molar refractivity (Wildman–Crippen MR) is 110 cm³/mol. The third-order valence-electron chi connectivity index (χ3n) is 3.85. The maximum absolute atomic E-state index is 11.8. The van der Waals surface area contributed by atoms with E-state index in [1.54, 1.807) is 36.4 Å². The molecule has 0 aliphatic rings. The summed E-state index contributed by atoms with van der Waals surface area (Å²) in [6, 6.07) is 14.1. The Bertz CT molecular complexity index is 1080. The number of carbonyl (C=O) groups excluding carboxylic acids is 1. The van der Waals surface area contributed by atoms with Crippen molar-refractivity contribution in [2.45, 2.75) is 0 Å². The van der Waals surface area contributed by atoms with Gasteiger partial charge in [-0.15, -0.1) is 0 Å². The lowest BCUT2D eigenvalue weighted by Crippen LogP contribution is -2.24. The number of furan rings is 1. The number of non-ortho nitro benzene ring substituents is 1. The zero-order chi connectivity index (χ0) is 21.5. The Labute approximate surface area is 176 Å². The van der Waals surface area contributed by atoms with Crippen LogP contribution in [0.15, 0.2) is 64.1 Å². The first kappa shape index (κ1) is 20.9. The van der Waals surface area contributed by atoms with Gasteiger partial charge in [0, 0.05) is 11.1 Å². The van der Waals surface area contributed by atoms with Crippen LogP contribution >= 0.6 is 11.6 Å². The number of nitrogens with zero attached hydrogens (tertiary/aromatic N) is 2. The van der Waals surface area contributed by atoms with Gasteiger partial charge in [0.2, 0.25) is 0 Å². The Morgan fingerprint density at radius 2 is 2.00 bits per heavy atom. The number of rotatable bonds is 8. The average Bonchev–Trinajstić information content (AvgIpc) is 3.21. The molecule has 1 heterocycles. The average molecular weight is 430 g/mol. The van der Waals surface area contributed by atoms with Crippen molar-refractivity contribution in [3.8, 4) is 22.8 Å². The Balaban J connectivity index is 1.58. The van der Waals surface area contributed by atoms with E-state index in [9.17, 15) is 14.9 Å². The van der Waals surface area contributed by atoms with E-state index in [1.807, 2.05) is 0 Å². The third-order valence-corrected chi connectivity index (χ3v) is 4.10. The Kier molecular flexibility index (Phi) is 6.66. The second-order valence-electron chi connectivity index (χ2n) is 5.88. The molecule has 3 aromatic rings. The molecule has 3 rings (SSSR count). The van der Waals surface area contributed by atoms with Gasteiger partial charge in [-0.3, -0.25) is 14.9 Å². The number of benzene rings is 2. The number of carbonyl (C=O) groups is 1. The second-order valence-corrected chi connectivity index (χ2v) is 6.32. The highest BCUT2D eigenvalue weighted by atomic mass is 35.5. The highest BCUT2D eigenvalue weighted by Crippen LogP contribution is 2.34. The molecular weight excluding hydrogens is 414 g/mol. The zero-order valence-electron chi connectivity index (χ0n) is 15.7. The van der Waals surface area contributed by atoms with Gasteiger partial charge in [0.25, 0.3) is 11.6 Å². The fourth-order valence-electron chi connectivity index (χ4n) is 2.44. The molecule has 0 spiro atoms. The van der Waals surface area contributed by atoms with Gasteiger partial charge in [0.05, 0.1) is 29.9 Å². The van der Waals surface area contributed by atoms with Crippen LogP contribution in [0, 0.1) is 10.1 Å². The largest absolute Gasteiger partial charge is 0.496 e. The van der Waals surface area contributed by atoms with Crippen LogP contribution in [0.5, 0.6) is 11.5 Å². The number of methoxy groups -OCH3 is 1. The van der Waals surface area contributed by atoms with Gasteiger partial charge in [0.1, 0.15) is 23.0 Å². The van der Waals surface area contributed by atoms with Gasteiger partial charge in [-0.05, 0) is 42.5 Å². The first-order valence-electron chi connectivity index (χ1n) is 8.59. The summed E-state index contributed by atoms with van der Waals surface area (Å²) in [6.45, 7) is -0.220. The summed E-state index contributed by atoms with van der Waals surface area (Å²) in [5.41, 5.74) is 2.78. The van der Waals surface area contributed by atoms with Crippen LogP contribution in [-0.2, 0) is 4.79 Å². The van der Waals surface area contributed by atoms with Crippen molar-refractivity contribution in [1.29, 1.82) is 0 Å². The normalized spacial score (nSPS) is 10.7. The van der Waals surface area contributed by atoms with Gasteiger partial charge >= 0.3 is 0 Å². The molecule has 1 amide bonds. The number of hydrazone groups is 1. The van der Waals surface area contributed by atoms with Crippen LogP contribution in [0.3, 0.4) is 0 Å². The lowest BCUT2D eigenvalue weighted by atomic mass is 10.1. The molecule has 0 fully saturated rings.